The topological polar surface area (TPSA) is 66.7 Å². The first-order chi connectivity index (χ1) is 9.52. The number of nitro benzene ring substituents is 1. The number of carbonyl (C=O) groups excluding carboxylic acids is 1. The third-order valence-corrected chi connectivity index (χ3v) is 3.74. The molecular weight excluding hydrogens is 258 g/mol. The van der Waals surface area contributed by atoms with Crippen molar-refractivity contribution in [3.05, 3.63) is 33.9 Å². The van der Waals surface area contributed by atoms with Crippen LogP contribution < -0.4 is 4.90 Å². The maximum atomic E-state index is 11.0. The number of hydrogen-bond acceptors (Lipinski definition) is 5. The summed E-state index contributed by atoms with van der Waals surface area (Å²) in [5.41, 5.74) is 0.879. The molecule has 0 radical (unpaired) electrons. The Kier molecular flexibility index (Phi) is 4.34. The Morgan fingerprint density at radius 2 is 1.90 bits per heavy atom. The first-order valence-corrected chi connectivity index (χ1v) is 6.75. The van der Waals surface area contributed by atoms with Crippen LogP contribution in [-0.4, -0.2) is 48.3 Å². The first-order valence-electron chi connectivity index (χ1n) is 6.75. The summed E-state index contributed by atoms with van der Waals surface area (Å²) in [4.78, 5) is 25.8. The average molecular weight is 277 g/mol. The van der Waals surface area contributed by atoms with Crippen LogP contribution in [0, 0.1) is 10.1 Å². The monoisotopic (exact) mass is 277 g/mol. The fourth-order valence-corrected chi connectivity index (χ4v) is 2.50. The van der Waals surface area contributed by atoms with Crippen molar-refractivity contribution in [1.29, 1.82) is 0 Å². The summed E-state index contributed by atoms with van der Waals surface area (Å²) in [7, 11) is 0. The van der Waals surface area contributed by atoms with Crippen molar-refractivity contribution in [2.24, 2.45) is 0 Å². The highest BCUT2D eigenvalue weighted by atomic mass is 16.6. The molecule has 20 heavy (non-hydrogen) atoms. The molecule has 2 rings (SSSR count). The molecule has 1 aromatic carbocycles. The Bertz CT molecular complexity index is 508. The average Bonchev–Trinajstić information content (AvgIpc) is 2.46. The number of aldehydes is 1. The highest BCUT2D eigenvalue weighted by Crippen LogP contribution is 2.24. The van der Waals surface area contributed by atoms with Gasteiger partial charge in [-0.25, -0.2) is 0 Å². The van der Waals surface area contributed by atoms with Gasteiger partial charge in [-0.2, -0.15) is 0 Å². The van der Waals surface area contributed by atoms with Crippen LogP contribution in [0.25, 0.3) is 0 Å². The molecular formula is C14H19N3O3. The number of rotatable bonds is 4. The van der Waals surface area contributed by atoms with Gasteiger partial charge in [0, 0.05) is 44.0 Å². The Morgan fingerprint density at radius 3 is 2.40 bits per heavy atom. The molecule has 1 aromatic rings. The van der Waals surface area contributed by atoms with Crippen LogP contribution in [0.5, 0.6) is 0 Å². The van der Waals surface area contributed by atoms with Gasteiger partial charge < -0.3 is 4.90 Å². The maximum Gasteiger partial charge on any atom is 0.280 e. The SMILES string of the molecule is CC(C)N1CCN(c2ccc([N+](=O)[O-])c(C=O)c2)CC1. The van der Waals surface area contributed by atoms with Crippen molar-refractivity contribution in [2.45, 2.75) is 19.9 Å². The van der Waals surface area contributed by atoms with E-state index in [0.717, 1.165) is 31.9 Å². The van der Waals surface area contributed by atoms with Crippen molar-refractivity contribution >= 4 is 17.7 Å². The highest BCUT2D eigenvalue weighted by molar-refractivity contribution is 5.83. The molecule has 6 heteroatoms. The molecule has 108 valence electrons. The summed E-state index contributed by atoms with van der Waals surface area (Å²) in [5, 5.41) is 10.8. The zero-order valence-corrected chi connectivity index (χ0v) is 11.8. The van der Waals surface area contributed by atoms with E-state index in [9.17, 15) is 14.9 Å². The van der Waals surface area contributed by atoms with E-state index in [0.29, 0.717) is 12.3 Å². The number of benzene rings is 1. The molecule has 1 saturated heterocycles. The lowest BCUT2D eigenvalue weighted by atomic mass is 10.1. The number of hydrogen-bond donors (Lipinski definition) is 0. The third-order valence-electron chi connectivity index (χ3n) is 3.74. The van der Waals surface area contributed by atoms with Crippen LogP contribution in [-0.2, 0) is 0 Å². The van der Waals surface area contributed by atoms with Gasteiger partial charge in [0.2, 0.25) is 0 Å². The highest BCUT2D eigenvalue weighted by Gasteiger charge is 2.21. The quantitative estimate of drug-likeness (QED) is 0.478. The molecule has 0 amide bonds. The van der Waals surface area contributed by atoms with E-state index in [1.54, 1.807) is 12.1 Å². The van der Waals surface area contributed by atoms with E-state index < -0.39 is 4.92 Å². The molecule has 0 unspecified atom stereocenters. The van der Waals surface area contributed by atoms with E-state index in [4.69, 9.17) is 0 Å². The minimum Gasteiger partial charge on any atom is -0.369 e. The number of nitro groups is 1. The molecule has 1 heterocycles. The van der Waals surface area contributed by atoms with E-state index in [1.165, 1.54) is 6.07 Å². The number of carbonyl (C=O) groups is 1. The smallest absolute Gasteiger partial charge is 0.280 e. The van der Waals surface area contributed by atoms with Gasteiger partial charge in [0.15, 0.2) is 6.29 Å². The van der Waals surface area contributed by atoms with Crippen molar-refractivity contribution in [3.8, 4) is 0 Å². The normalized spacial score (nSPS) is 16.4. The van der Waals surface area contributed by atoms with E-state index in [-0.39, 0.29) is 11.3 Å². The molecule has 1 fully saturated rings. The molecule has 0 bridgehead atoms. The summed E-state index contributed by atoms with van der Waals surface area (Å²) in [6, 6.07) is 5.26. The second kappa shape index (κ2) is 6.00. The van der Waals surface area contributed by atoms with Crippen LogP contribution in [0.3, 0.4) is 0 Å². The van der Waals surface area contributed by atoms with Gasteiger partial charge in [-0.3, -0.25) is 19.8 Å². The maximum absolute atomic E-state index is 11.0. The summed E-state index contributed by atoms with van der Waals surface area (Å²) >= 11 is 0. The summed E-state index contributed by atoms with van der Waals surface area (Å²) in [6.45, 7) is 8.01. The molecule has 0 spiro atoms. The Hall–Kier alpha value is -1.95. The van der Waals surface area contributed by atoms with Gasteiger partial charge in [0.25, 0.3) is 5.69 Å². The Labute approximate surface area is 118 Å². The van der Waals surface area contributed by atoms with Crippen LogP contribution in [0.15, 0.2) is 18.2 Å². The molecule has 6 nitrogen and oxygen atoms in total. The van der Waals surface area contributed by atoms with Crippen LogP contribution in [0.1, 0.15) is 24.2 Å². The van der Waals surface area contributed by atoms with Crippen molar-refractivity contribution < 1.29 is 9.72 Å². The standard InChI is InChI=1S/C14H19N3O3/c1-11(2)15-5-7-16(8-6-15)13-3-4-14(17(19)20)12(9-13)10-18/h3-4,9-11H,5-8H2,1-2H3. The van der Waals surface area contributed by atoms with Gasteiger partial charge in [-0.15, -0.1) is 0 Å². The van der Waals surface area contributed by atoms with E-state index in [1.807, 2.05) is 0 Å². The van der Waals surface area contributed by atoms with Crippen LogP contribution in [0.2, 0.25) is 0 Å². The third kappa shape index (κ3) is 2.96. The summed E-state index contributed by atoms with van der Waals surface area (Å²) < 4.78 is 0. The molecule has 0 aromatic heterocycles. The van der Waals surface area contributed by atoms with Crippen LogP contribution >= 0.6 is 0 Å². The van der Waals surface area contributed by atoms with Crippen molar-refractivity contribution in [3.63, 3.8) is 0 Å². The molecule has 0 aliphatic carbocycles. The predicted octanol–water partition coefficient (Wildman–Crippen LogP) is 1.94. The van der Waals surface area contributed by atoms with Gasteiger partial charge in [-0.1, -0.05) is 0 Å². The zero-order chi connectivity index (χ0) is 14.7. The minimum absolute atomic E-state index is 0.135. The minimum atomic E-state index is -0.524. The van der Waals surface area contributed by atoms with Gasteiger partial charge in [0.1, 0.15) is 0 Å². The second-order valence-corrected chi connectivity index (χ2v) is 5.23. The largest absolute Gasteiger partial charge is 0.369 e. The zero-order valence-electron chi connectivity index (χ0n) is 11.8. The van der Waals surface area contributed by atoms with Gasteiger partial charge in [0.05, 0.1) is 10.5 Å². The van der Waals surface area contributed by atoms with Crippen molar-refractivity contribution in [2.75, 3.05) is 31.1 Å². The van der Waals surface area contributed by atoms with Crippen molar-refractivity contribution in [1.82, 2.24) is 4.90 Å². The van der Waals surface area contributed by atoms with E-state index in [2.05, 4.69) is 23.6 Å². The number of nitrogens with zero attached hydrogens (tertiary/aromatic N) is 3. The summed E-state index contributed by atoms with van der Waals surface area (Å²) in [6.07, 6.45) is 0.548. The van der Waals surface area contributed by atoms with E-state index >= 15 is 0 Å². The Morgan fingerprint density at radius 1 is 1.25 bits per heavy atom. The molecule has 1 aliphatic rings. The molecule has 0 saturated carbocycles. The van der Waals surface area contributed by atoms with Gasteiger partial charge in [-0.05, 0) is 26.0 Å². The summed E-state index contributed by atoms with van der Waals surface area (Å²) in [5.74, 6) is 0. The number of anilines is 1. The fraction of sp³-hybridized carbons (Fsp3) is 0.500. The fourth-order valence-electron chi connectivity index (χ4n) is 2.50. The first kappa shape index (κ1) is 14.5. The lowest BCUT2D eigenvalue weighted by Gasteiger charge is -2.38. The lowest BCUT2D eigenvalue weighted by Crippen LogP contribution is -2.48. The number of piperazine rings is 1. The molecule has 1 aliphatic heterocycles. The van der Waals surface area contributed by atoms with Gasteiger partial charge >= 0.3 is 0 Å². The lowest BCUT2D eigenvalue weighted by molar-refractivity contribution is -0.385. The molecule has 0 atom stereocenters. The van der Waals surface area contributed by atoms with Crippen LogP contribution in [0.4, 0.5) is 11.4 Å². The predicted molar refractivity (Wildman–Crippen MR) is 77.4 cm³/mol. The molecule has 0 N–H and O–H groups in total. The Balaban J connectivity index is 2.14. The second-order valence-electron chi connectivity index (χ2n) is 5.23.